The maximum Gasteiger partial charge on any atom is 0.144 e. The number of aliphatic hydroxyl groups excluding tert-OH is 1. The molecule has 28 heavy (non-hydrogen) atoms. The molecular formula is C26H28O2. The van der Waals surface area contributed by atoms with Crippen molar-refractivity contribution in [3.8, 4) is 0 Å². The van der Waals surface area contributed by atoms with Gasteiger partial charge in [0.25, 0.3) is 0 Å². The molecule has 0 saturated heterocycles. The highest BCUT2D eigenvalue weighted by Crippen LogP contribution is 2.42. The van der Waals surface area contributed by atoms with Gasteiger partial charge >= 0.3 is 0 Å². The molecule has 0 aromatic heterocycles. The molecule has 0 aliphatic rings. The molecule has 0 amide bonds. The zero-order valence-electron chi connectivity index (χ0n) is 16.5. The first kappa shape index (κ1) is 20.1. The Kier molecular flexibility index (Phi) is 6.45. The zero-order chi connectivity index (χ0) is 20.0. The van der Waals surface area contributed by atoms with Crippen molar-refractivity contribution in [2.24, 2.45) is 5.92 Å². The van der Waals surface area contributed by atoms with Crippen LogP contribution in [0.15, 0.2) is 104 Å². The van der Waals surface area contributed by atoms with Crippen LogP contribution in [0.25, 0.3) is 0 Å². The van der Waals surface area contributed by atoms with Crippen molar-refractivity contribution >= 4 is 0 Å². The van der Waals surface area contributed by atoms with Crippen LogP contribution in [0, 0.1) is 5.92 Å². The molecule has 3 atom stereocenters. The lowest BCUT2D eigenvalue weighted by Gasteiger charge is -2.40. The molecule has 2 nitrogen and oxygen atoms in total. The third-order valence-electron chi connectivity index (χ3n) is 5.30. The topological polar surface area (TPSA) is 29.5 Å². The van der Waals surface area contributed by atoms with E-state index in [1.54, 1.807) is 6.08 Å². The van der Waals surface area contributed by atoms with E-state index in [9.17, 15) is 5.11 Å². The number of benzene rings is 3. The average Bonchev–Trinajstić information content (AvgIpc) is 2.78. The molecule has 2 heteroatoms. The predicted octanol–water partition coefficient (Wildman–Crippen LogP) is 5.57. The first-order chi connectivity index (χ1) is 13.6. The second kappa shape index (κ2) is 9.01. The van der Waals surface area contributed by atoms with Gasteiger partial charge in [-0.05, 0) is 23.6 Å². The van der Waals surface area contributed by atoms with Crippen LogP contribution in [0.3, 0.4) is 0 Å². The Hall–Kier alpha value is -2.68. The SMILES string of the molecule is C=C[C@@H](C)[C@H](O)[C@@H](C)OC(c1ccccc1)(c1ccccc1)c1ccccc1. The highest BCUT2D eigenvalue weighted by atomic mass is 16.5. The van der Waals surface area contributed by atoms with E-state index in [0.29, 0.717) is 0 Å². The second-order valence-electron chi connectivity index (χ2n) is 7.19. The summed E-state index contributed by atoms with van der Waals surface area (Å²) in [6.07, 6.45) is 0.696. The third-order valence-corrected chi connectivity index (χ3v) is 5.30. The molecule has 3 aromatic carbocycles. The molecule has 0 aliphatic heterocycles. The van der Waals surface area contributed by atoms with Crippen LogP contribution >= 0.6 is 0 Å². The van der Waals surface area contributed by atoms with Crippen LogP contribution < -0.4 is 0 Å². The number of rotatable bonds is 8. The molecule has 3 rings (SSSR count). The number of hydrogen-bond donors (Lipinski definition) is 1. The van der Waals surface area contributed by atoms with Gasteiger partial charge in [0.1, 0.15) is 5.60 Å². The summed E-state index contributed by atoms with van der Waals surface area (Å²) < 4.78 is 6.78. The Balaban J connectivity index is 2.21. The van der Waals surface area contributed by atoms with Crippen molar-refractivity contribution in [2.45, 2.75) is 31.7 Å². The minimum absolute atomic E-state index is 0.0741. The lowest BCUT2D eigenvalue weighted by molar-refractivity contribution is -0.102. The van der Waals surface area contributed by atoms with Crippen molar-refractivity contribution in [2.75, 3.05) is 0 Å². The molecule has 0 heterocycles. The van der Waals surface area contributed by atoms with Gasteiger partial charge in [0, 0.05) is 5.92 Å². The van der Waals surface area contributed by atoms with Gasteiger partial charge in [-0.1, -0.05) is 104 Å². The van der Waals surface area contributed by atoms with E-state index >= 15 is 0 Å². The molecule has 144 valence electrons. The summed E-state index contributed by atoms with van der Waals surface area (Å²) in [7, 11) is 0. The van der Waals surface area contributed by atoms with Crippen LogP contribution in [-0.4, -0.2) is 17.3 Å². The molecule has 0 unspecified atom stereocenters. The number of hydrogen-bond acceptors (Lipinski definition) is 2. The molecular weight excluding hydrogens is 344 g/mol. The van der Waals surface area contributed by atoms with Gasteiger partial charge in [-0.2, -0.15) is 0 Å². The summed E-state index contributed by atoms with van der Waals surface area (Å²) >= 11 is 0. The molecule has 0 spiro atoms. The van der Waals surface area contributed by atoms with E-state index in [4.69, 9.17) is 4.74 Å². The fourth-order valence-electron chi connectivity index (χ4n) is 3.64. The van der Waals surface area contributed by atoms with Crippen molar-refractivity contribution < 1.29 is 9.84 Å². The summed E-state index contributed by atoms with van der Waals surface area (Å²) in [4.78, 5) is 0. The van der Waals surface area contributed by atoms with E-state index in [2.05, 4.69) is 43.0 Å². The van der Waals surface area contributed by atoms with Gasteiger partial charge in [-0.15, -0.1) is 6.58 Å². The van der Waals surface area contributed by atoms with Crippen molar-refractivity contribution in [3.05, 3.63) is 120 Å². The van der Waals surface area contributed by atoms with Crippen LogP contribution in [-0.2, 0) is 10.3 Å². The van der Waals surface area contributed by atoms with E-state index < -0.39 is 17.8 Å². The lowest BCUT2D eigenvalue weighted by Crippen LogP contribution is -2.41. The van der Waals surface area contributed by atoms with Crippen molar-refractivity contribution in [1.29, 1.82) is 0 Å². The third kappa shape index (κ3) is 3.94. The van der Waals surface area contributed by atoms with Gasteiger partial charge < -0.3 is 9.84 Å². The minimum atomic E-state index is -0.828. The Morgan fingerprint density at radius 2 is 1.11 bits per heavy atom. The highest BCUT2D eigenvalue weighted by Gasteiger charge is 2.40. The van der Waals surface area contributed by atoms with Gasteiger partial charge in [0.05, 0.1) is 12.2 Å². The van der Waals surface area contributed by atoms with Gasteiger partial charge in [0.15, 0.2) is 0 Å². The zero-order valence-corrected chi connectivity index (χ0v) is 16.5. The quantitative estimate of drug-likeness (QED) is 0.414. The number of ether oxygens (including phenoxy) is 1. The Morgan fingerprint density at radius 3 is 1.43 bits per heavy atom. The van der Waals surface area contributed by atoms with Gasteiger partial charge in [-0.25, -0.2) is 0 Å². The van der Waals surface area contributed by atoms with Gasteiger partial charge in [-0.3, -0.25) is 0 Å². The van der Waals surface area contributed by atoms with Crippen LogP contribution in [0.4, 0.5) is 0 Å². The maximum absolute atomic E-state index is 10.8. The fourth-order valence-corrected chi connectivity index (χ4v) is 3.64. The van der Waals surface area contributed by atoms with E-state index in [0.717, 1.165) is 16.7 Å². The van der Waals surface area contributed by atoms with Gasteiger partial charge in [0.2, 0.25) is 0 Å². The normalized spacial score (nSPS) is 14.8. The maximum atomic E-state index is 10.8. The number of aliphatic hydroxyl groups is 1. The van der Waals surface area contributed by atoms with E-state index in [-0.39, 0.29) is 5.92 Å². The molecule has 0 radical (unpaired) electrons. The van der Waals surface area contributed by atoms with E-state index in [1.165, 1.54) is 0 Å². The standard InChI is InChI=1S/C26H28O2/c1-4-20(2)25(27)21(3)28-26(22-14-8-5-9-15-22,23-16-10-6-11-17-23)24-18-12-7-13-19-24/h4-21,25,27H,1H2,2-3H3/t20-,21-,25+/m1/s1. The predicted molar refractivity (Wildman–Crippen MR) is 115 cm³/mol. The van der Waals surface area contributed by atoms with Crippen LogP contribution in [0.2, 0.25) is 0 Å². The molecule has 0 bridgehead atoms. The summed E-state index contributed by atoms with van der Waals surface area (Å²) in [6, 6.07) is 30.6. The van der Waals surface area contributed by atoms with Crippen molar-refractivity contribution in [1.82, 2.24) is 0 Å². The molecule has 0 aliphatic carbocycles. The van der Waals surface area contributed by atoms with Crippen LogP contribution in [0.5, 0.6) is 0 Å². The first-order valence-electron chi connectivity index (χ1n) is 9.74. The lowest BCUT2D eigenvalue weighted by atomic mass is 9.79. The largest absolute Gasteiger partial charge is 0.390 e. The van der Waals surface area contributed by atoms with Crippen LogP contribution in [0.1, 0.15) is 30.5 Å². The Bertz CT molecular complexity index is 762. The Labute approximate surface area is 168 Å². The minimum Gasteiger partial charge on any atom is -0.390 e. The molecule has 0 saturated carbocycles. The fraction of sp³-hybridized carbons (Fsp3) is 0.231. The molecule has 3 aromatic rings. The summed E-state index contributed by atoms with van der Waals surface area (Å²) in [5, 5.41) is 10.8. The monoisotopic (exact) mass is 372 g/mol. The highest BCUT2D eigenvalue weighted by molar-refractivity contribution is 5.47. The average molecular weight is 373 g/mol. The smallest absolute Gasteiger partial charge is 0.144 e. The summed E-state index contributed by atoms with van der Waals surface area (Å²) in [5.74, 6) is -0.0741. The summed E-state index contributed by atoms with van der Waals surface area (Å²) in [5.41, 5.74) is 2.25. The first-order valence-corrected chi connectivity index (χ1v) is 9.74. The van der Waals surface area contributed by atoms with Crippen molar-refractivity contribution in [3.63, 3.8) is 0 Å². The second-order valence-corrected chi connectivity index (χ2v) is 7.19. The van der Waals surface area contributed by atoms with E-state index in [1.807, 2.05) is 68.4 Å². The molecule has 1 N–H and O–H groups in total. The summed E-state index contributed by atoms with van der Waals surface area (Å²) in [6.45, 7) is 7.70. The molecule has 0 fully saturated rings. The Morgan fingerprint density at radius 1 is 0.750 bits per heavy atom.